The van der Waals surface area contributed by atoms with E-state index in [1.54, 1.807) is 0 Å². The molecule has 0 N–H and O–H groups in total. The van der Waals surface area contributed by atoms with Crippen LogP contribution in [0.1, 0.15) is 0 Å². The third-order valence-electron chi connectivity index (χ3n) is 0. The number of carbonyl (C=O) groups is 1. The third kappa shape index (κ3) is 215. The molecule has 0 amide bonds. The Labute approximate surface area is 87.1 Å². The van der Waals surface area contributed by atoms with E-state index in [-0.39, 0.29) is 48.9 Å². The van der Waals surface area contributed by atoms with Crippen LogP contribution in [0.25, 0.3) is 0 Å². The van der Waals surface area contributed by atoms with Crippen molar-refractivity contribution in [2.45, 2.75) is 0 Å². The summed E-state index contributed by atoms with van der Waals surface area (Å²) < 4.78 is 34.1. The van der Waals surface area contributed by atoms with Gasteiger partial charge in [-0.1, -0.05) is 0 Å². The summed E-state index contributed by atoms with van der Waals surface area (Å²) >= 11 is 0. The second-order valence-corrected chi connectivity index (χ2v) is 1.22. The van der Waals surface area contributed by atoms with Crippen LogP contribution in [0.2, 0.25) is 0 Å². The van der Waals surface area contributed by atoms with Crippen LogP contribution in [0, 0.1) is 0 Å². The molecule has 0 heterocycles. The Bertz CT molecular complexity index is 106. The van der Waals surface area contributed by atoms with Gasteiger partial charge in [0.15, 0.2) is 0 Å². The fourth-order valence-electron chi connectivity index (χ4n) is 0. The van der Waals surface area contributed by atoms with Crippen molar-refractivity contribution in [2.75, 3.05) is 0 Å². The summed E-state index contributed by atoms with van der Waals surface area (Å²) in [7, 11) is -5.17. The maximum atomic E-state index is 8.52. The quantitative estimate of drug-likeness (QED) is 0.289. The first-order chi connectivity index (χ1) is 3.00. The van der Waals surface area contributed by atoms with Crippen molar-refractivity contribution in [1.29, 1.82) is 0 Å². The van der Waals surface area contributed by atoms with Crippen molar-refractivity contribution in [2.24, 2.45) is 0 Å². The summed E-state index contributed by atoms with van der Waals surface area (Å²) in [4.78, 5) is 8.00. The number of rotatable bonds is 0. The van der Waals surface area contributed by atoms with E-state index in [1.807, 2.05) is 6.79 Å². The first-order valence-corrected chi connectivity index (χ1v) is 2.29. The van der Waals surface area contributed by atoms with Gasteiger partial charge in [0.2, 0.25) is 0 Å². The van der Waals surface area contributed by atoms with E-state index < -0.39 is 10.4 Å². The molecule has 0 aromatic carbocycles. The predicted octanol–water partition coefficient (Wildman–Crippen LogP) is -1.90. The Kier molecular flexibility index (Phi) is 16.3. The minimum atomic E-state index is -5.17. The third-order valence-corrected chi connectivity index (χ3v) is 0. The summed E-state index contributed by atoms with van der Waals surface area (Å²) in [5, 5.41) is 0. The van der Waals surface area contributed by atoms with E-state index in [0.717, 1.165) is 0 Å². The van der Waals surface area contributed by atoms with Crippen molar-refractivity contribution >= 4 is 66.1 Å². The van der Waals surface area contributed by atoms with E-state index >= 15 is 0 Å². The van der Waals surface area contributed by atoms with E-state index in [1.165, 1.54) is 0 Å². The van der Waals surface area contributed by atoms with Gasteiger partial charge >= 0.3 is 48.9 Å². The van der Waals surface area contributed by atoms with Crippen molar-refractivity contribution in [3.05, 3.63) is 0 Å². The zero-order chi connectivity index (χ0) is 6.50. The van der Waals surface area contributed by atoms with Gasteiger partial charge in [-0.25, -0.2) is 0 Å². The van der Waals surface area contributed by atoms with Crippen molar-refractivity contribution in [1.82, 2.24) is 0 Å². The second kappa shape index (κ2) is 8.11. The van der Waals surface area contributed by atoms with Crippen LogP contribution >= 0.6 is 0 Å². The second-order valence-electron chi connectivity index (χ2n) is 0.408. The molecule has 0 rings (SSSR count). The first kappa shape index (κ1) is 16.1. The molecule has 0 aliphatic heterocycles. The van der Waals surface area contributed by atoms with E-state index in [2.05, 4.69) is 0 Å². The smallest absolute Gasteiger partial charge is 0.759 e. The molecular formula is CH2BaO5S. The molecule has 0 aliphatic rings. The summed E-state index contributed by atoms with van der Waals surface area (Å²) in [6.07, 6.45) is 0. The topological polar surface area (TPSA) is 97.3 Å². The maximum absolute atomic E-state index is 8.52. The van der Waals surface area contributed by atoms with Crippen LogP contribution in [-0.4, -0.2) is 73.2 Å². The Morgan fingerprint density at radius 1 is 1.12 bits per heavy atom. The fraction of sp³-hybridized carbons (Fsp3) is 0. The SMILES string of the molecule is C=O.O=S(=O)([O-])[O-].[Ba+2]. The first-order valence-electron chi connectivity index (χ1n) is 0.955. The number of hydrogen-bond acceptors (Lipinski definition) is 5. The molecule has 5 nitrogen and oxygen atoms in total. The molecule has 0 fully saturated rings. The van der Waals surface area contributed by atoms with Gasteiger partial charge in [0.1, 0.15) is 6.79 Å². The number of hydrogen-bond donors (Lipinski definition) is 0. The molecule has 0 saturated heterocycles. The van der Waals surface area contributed by atoms with Crippen LogP contribution in [-0.2, 0) is 15.2 Å². The average Bonchev–Trinajstić information content (AvgIpc) is 1.36. The van der Waals surface area contributed by atoms with E-state index in [4.69, 9.17) is 22.3 Å². The van der Waals surface area contributed by atoms with Gasteiger partial charge in [-0.3, -0.25) is 8.42 Å². The monoisotopic (exact) mass is 264 g/mol. The Balaban J connectivity index is -0.0000000750. The van der Waals surface area contributed by atoms with Crippen molar-refractivity contribution in [3.8, 4) is 0 Å². The molecule has 0 radical (unpaired) electrons. The fourth-order valence-corrected chi connectivity index (χ4v) is 0. The van der Waals surface area contributed by atoms with Crippen LogP contribution in [0.5, 0.6) is 0 Å². The molecule has 0 aromatic heterocycles. The van der Waals surface area contributed by atoms with Crippen LogP contribution < -0.4 is 0 Å². The van der Waals surface area contributed by atoms with Crippen LogP contribution in [0.3, 0.4) is 0 Å². The zero-order valence-corrected chi connectivity index (χ0v) is 9.12. The van der Waals surface area contributed by atoms with Gasteiger partial charge in [0.25, 0.3) is 0 Å². The Morgan fingerprint density at radius 2 is 1.12 bits per heavy atom. The molecule has 8 heavy (non-hydrogen) atoms. The van der Waals surface area contributed by atoms with Crippen molar-refractivity contribution < 1.29 is 22.3 Å². The summed E-state index contributed by atoms with van der Waals surface area (Å²) in [5.74, 6) is 0. The number of carbonyl (C=O) groups excluding carboxylic acids is 1. The molecule has 0 saturated carbocycles. The molecule has 44 valence electrons. The maximum Gasteiger partial charge on any atom is 2.00 e. The summed E-state index contributed by atoms with van der Waals surface area (Å²) in [6, 6.07) is 0. The van der Waals surface area contributed by atoms with Crippen LogP contribution in [0.4, 0.5) is 0 Å². The largest absolute Gasteiger partial charge is 2.00 e. The Hall–Kier alpha value is 1.11. The van der Waals surface area contributed by atoms with Gasteiger partial charge in [0, 0.05) is 10.4 Å². The normalized spacial score (nSPS) is 7.75. The molecule has 7 heteroatoms. The molecular weight excluding hydrogens is 261 g/mol. The average molecular weight is 263 g/mol. The van der Waals surface area contributed by atoms with Gasteiger partial charge in [0.05, 0.1) is 0 Å². The van der Waals surface area contributed by atoms with Crippen molar-refractivity contribution in [3.63, 3.8) is 0 Å². The standard InChI is InChI=1S/CH2O.Ba.H2O4S/c1-2;;1-5(2,3)4/h1H2;;(H2,1,2,3,4)/q;+2;/p-2. The van der Waals surface area contributed by atoms with Gasteiger partial charge in [-0.15, -0.1) is 0 Å². The molecule has 0 aromatic rings. The van der Waals surface area contributed by atoms with E-state index in [9.17, 15) is 0 Å². The molecule has 0 bridgehead atoms. The minimum Gasteiger partial charge on any atom is -0.759 e. The molecule has 0 atom stereocenters. The molecule has 0 aliphatic carbocycles. The predicted molar refractivity (Wildman–Crippen MR) is 23.3 cm³/mol. The van der Waals surface area contributed by atoms with Gasteiger partial charge in [-0.05, 0) is 0 Å². The van der Waals surface area contributed by atoms with Gasteiger partial charge in [-0.2, -0.15) is 0 Å². The molecule has 0 spiro atoms. The summed E-state index contributed by atoms with van der Waals surface area (Å²) in [5.41, 5.74) is 0. The minimum absolute atomic E-state index is 0. The summed E-state index contributed by atoms with van der Waals surface area (Å²) in [6.45, 7) is 2.00. The molecule has 0 unspecified atom stereocenters. The zero-order valence-electron chi connectivity index (χ0n) is 3.86. The van der Waals surface area contributed by atoms with Gasteiger partial charge < -0.3 is 13.9 Å². The Morgan fingerprint density at radius 3 is 1.12 bits per heavy atom. The van der Waals surface area contributed by atoms with E-state index in [0.29, 0.717) is 0 Å². The van der Waals surface area contributed by atoms with Crippen LogP contribution in [0.15, 0.2) is 0 Å².